The van der Waals surface area contributed by atoms with Gasteiger partial charge in [-0.05, 0) is 42.0 Å². The number of hydrogen-bond acceptors (Lipinski definition) is 5. The van der Waals surface area contributed by atoms with Gasteiger partial charge in [-0.3, -0.25) is 4.79 Å². The van der Waals surface area contributed by atoms with Crippen molar-refractivity contribution < 1.29 is 9.21 Å². The van der Waals surface area contributed by atoms with Gasteiger partial charge < -0.3 is 8.98 Å². The fourth-order valence-electron chi connectivity index (χ4n) is 3.48. The molecule has 0 amide bonds. The van der Waals surface area contributed by atoms with E-state index in [0.29, 0.717) is 33.4 Å². The molecule has 0 bridgehead atoms. The zero-order chi connectivity index (χ0) is 22.2. The first-order valence-corrected chi connectivity index (χ1v) is 10.6. The predicted octanol–water partition coefficient (Wildman–Crippen LogP) is 6.33. The Hall–Kier alpha value is -3.19. The van der Waals surface area contributed by atoms with Crippen LogP contribution in [0.2, 0.25) is 15.2 Å². The molecule has 0 aliphatic carbocycles. The van der Waals surface area contributed by atoms with E-state index < -0.39 is 5.78 Å². The molecule has 0 N–H and O–H groups in total. The Kier molecular flexibility index (Phi) is 5.43. The topological polar surface area (TPSA) is 73.8 Å². The molecule has 2 aromatic carbocycles. The molecule has 5 rings (SSSR count). The maximum Gasteiger partial charge on any atom is 0.269 e. The summed E-state index contributed by atoms with van der Waals surface area (Å²) in [5, 5.41) is 2.01. The van der Waals surface area contributed by atoms with Crippen molar-refractivity contribution in [2.24, 2.45) is 0 Å². The highest BCUT2D eigenvalue weighted by Gasteiger charge is 2.26. The highest BCUT2D eigenvalue weighted by atomic mass is 35.5. The van der Waals surface area contributed by atoms with Crippen molar-refractivity contribution in [1.29, 1.82) is 0 Å². The molecular weight excluding hydrogens is 471 g/mol. The summed E-state index contributed by atoms with van der Waals surface area (Å²) in [4.78, 5) is 25.5. The van der Waals surface area contributed by atoms with Crippen LogP contribution in [0.4, 0.5) is 0 Å². The van der Waals surface area contributed by atoms with E-state index in [4.69, 9.17) is 39.2 Å². The number of oxazole rings is 1. The Bertz CT molecular complexity index is 1440. The number of carbonyl (C=O) groups excluding carboxylic acids is 1. The van der Waals surface area contributed by atoms with E-state index in [1.807, 2.05) is 22.8 Å². The number of fused-ring (bicyclic) bond motifs is 1. The maximum absolute atomic E-state index is 13.4. The van der Waals surface area contributed by atoms with Gasteiger partial charge in [-0.25, -0.2) is 15.0 Å². The summed E-state index contributed by atoms with van der Waals surface area (Å²) < 4.78 is 7.54. The standard InChI is InChI=1S/C23H13Cl3N4O2/c24-14-3-1-13(2-4-14)11-30-18-6-5-15(25)9-16(18)20(22(30)26)21(31)23-28-10-19(32-23)17-7-8-27-12-29-17/h1-10,12H,11H2. The Balaban J connectivity index is 1.60. The second-order valence-corrected chi connectivity index (χ2v) is 8.22. The van der Waals surface area contributed by atoms with Crippen LogP contribution in [-0.2, 0) is 6.54 Å². The molecule has 5 aromatic rings. The third-order valence-electron chi connectivity index (χ3n) is 4.98. The van der Waals surface area contributed by atoms with Crippen molar-refractivity contribution in [1.82, 2.24) is 19.5 Å². The van der Waals surface area contributed by atoms with Gasteiger partial charge in [-0.2, -0.15) is 0 Å². The highest BCUT2D eigenvalue weighted by Crippen LogP contribution is 2.34. The summed E-state index contributed by atoms with van der Waals surface area (Å²) in [5.74, 6) is -0.182. The zero-order valence-electron chi connectivity index (χ0n) is 16.3. The van der Waals surface area contributed by atoms with Crippen molar-refractivity contribution in [3.63, 3.8) is 0 Å². The molecule has 158 valence electrons. The second kappa shape index (κ2) is 8.39. The molecule has 0 fully saturated rings. The number of aromatic nitrogens is 4. The molecular formula is C23H13Cl3N4O2. The van der Waals surface area contributed by atoms with Crippen LogP contribution in [0, 0.1) is 0 Å². The molecule has 6 nitrogen and oxygen atoms in total. The lowest BCUT2D eigenvalue weighted by atomic mass is 10.1. The average Bonchev–Trinajstić information content (AvgIpc) is 3.39. The number of ketones is 1. The SMILES string of the molecule is O=C(c1ncc(-c2ccncn2)o1)c1c(Cl)n(Cc2ccc(Cl)cc2)c2ccc(Cl)cc12. The minimum absolute atomic E-state index is 0.0916. The van der Waals surface area contributed by atoms with Crippen molar-refractivity contribution in [2.75, 3.05) is 0 Å². The van der Waals surface area contributed by atoms with Crippen molar-refractivity contribution in [3.8, 4) is 11.5 Å². The van der Waals surface area contributed by atoms with Crippen LogP contribution >= 0.6 is 34.8 Å². The summed E-state index contributed by atoms with van der Waals surface area (Å²) >= 11 is 19.0. The van der Waals surface area contributed by atoms with Gasteiger partial charge in [0.15, 0.2) is 5.76 Å². The summed E-state index contributed by atoms with van der Waals surface area (Å²) in [6.45, 7) is 0.444. The third kappa shape index (κ3) is 3.77. The van der Waals surface area contributed by atoms with Crippen molar-refractivity contribution in [3.05, 3.63) is 99.5 Å². The van der Waals surface area contributed by atoms with Crippen LogP contribution in [0.1, 0.15) is 21.8 Å². The lowest BCUT2D eigenvalue weighted by molar-refractivity contribution is 0.100. The molecule has 3 heterocycles. The first-order valence-electron chi connectivity index (χ1n) is 9.50. The Morgan fingerprint density at radius 3 is 2.50 bits per heavy atom. The van der Waals surface area contributed by atoms with E-state index in [2.05, 4.69) is 15.0 Å². The summed E-state index contributed by atoms with van der Waals surface area (Å²) in [7, 11) is 0. The second-order valence-electron chi connectivity index (χ2n) is 6.99. The van der Waals surface area contributed by atoms with Gasteiger partial charge in [0.25, 0.3) is 11.7 Å². The van der Waals surface area contributed by atoms with Gasteiger partial charge in [0.2, 0.25) is 0 Å². The van der Waals surface area contributed by atoms with E-state index in [0.717, 1.165) is 11.1 Å². The fraction of sp³-hybridized carbons (Fsp3) is 0.0435. The van der Waals surface area contributed by atoms with Crippen molar-refractivity contribution >= 4 is 51.5 Å². The van der Waals surface area contributed by atoms with Gasteiger partial charge in [0, 0.05) is 28.2 Å². The summed E-state index contributed by atoms with van der Waals surface area (Å²) in [6, 6.07) is 14.4. The van der Waals surface area contributed by atoms with E-state index in [1.54, 1.807) is 36.5 Å². The highest BCUT2D eigenvalue weighted by molar-refractivity contribution is 6.37. The van der Waals surface area contributed by atoms with Gasteiger partial charge in [-0.15, -0.1) is 0 Å². The van der Waals surface area contributed by atoms with Crippen molar-refractivity contribution in [2.45, 2.75) is 6.54 Å². The molecule has 3 aromatic heterocycles. The Morgan fingerprint density at radius 1 is 0.969 bits per heavy atom. The molecule has 0 saturated carbocycles. The normalized spacial score (nSPS) is 11.2. The smallest absolute Gasteiger partial charge is 0.269 e. The van der Waals surface area contributed by atoms with Crippen LogP contribution in [0.5, 0.6) is 0 Å². The Labute approximate surface area is 197 Å². The quantitative estimate of drug-likeness (QED) is 0.273. The molecule has 9 heteroatoms. The maximum atomic E-state index is 13.4. The van der Waals surface area contributed by atoms with Gasteiger partial charge in [0.05, 0.1) is 17.3 Å². The molecule has 0 spiro atoms. The number of rotatable bonds is 5. The lowest BCUT2D eigenvalue weighted by Crippen LogP contribution is -2.04. The van der Waals surface area contributed by atoms with Crippen LogP contribution < -0.4 is 0 Å². The van der Waals surface area contributed by atoms with Crippen LogP contribution in [0.25, 0.3) is 22.4 Å². The number of carbonyl (C=O) groups is 1. The van der Waals surface area contributed by atoms with Gasteiger partial charge in [-0.1, -0.05) is 46.9 Å². The molecule has 0 aliphatic rings. The minimum Gasteiger partial charge on any atom is -0.432 e. The number of hydrogen-bond donors (Lipinski definition) is 0. The molecule has 0 radical (unpaired) electrons. The Morgan fingerprint density at radius 2 is 1.75 bits per heavy atom. The van der Waals surface area contributed by atoms with Gasteiger partial charge in [0.1, 0.15) is 17.2 Å². The third-order valence-corrected chi connectivity index (χ3v) is 5.86. The van der Waals surface area contributed by atoms with Gasteiger partial charge >= 0.3 is 0 Å². The minimum atomic E-state index is -0.447. The first-order chi connectivity index (χ1) is 15.5. The molecule has 0 unspecified atom stereocenters. The molecule has 0 atom stereocenters. The zero-order valence-corrected chi connectivity index (χ0v) is 18.6. The molecule has 0 aliphatic heterocycles. The summed E-state index contributed by atoms with van der Waals surface area (Å²) in [5.41, 5.74) is 2.53. The summed E-state index contributed by atoms with van der Waals surface area (Å²) in [6.07, 6.45) is 4.42. The first kappa shape index (κ1) is 20.7. The average molecular weight is 484 g/mol. The number of benzene rings is 2. The number of halogens is 3. The van der Waals surface area contributed by atoms with E-state index in [-0.39, 0.29) is 16.6 Å². The monoisotopic (exact) mass is 482 g/mol. The van der Waals surface area contributed by atoms with E-state index in [9.17, 15) is 4.79 Å². The van der Waals surface area contributed by atoms with Crippen LogP contribution in [0.15, 0.2) is 71.7 Å². The fourth-order valence-corrected chi connectivity index (χ4v) is 4.12. The largest absolute Gasteiger partial charge is 0.432 e. The van der Waals surface area contributed by atoms with Crippen LogP contribution in [0.3, 0.4) is 0 Å². The van der Waals surface area contributed by atoms with E-state index >= 15 is 0 Å². The number of nitrogens with zero attached hydrogens (tertiary/aromatic N) is 4. The van der Waals surface area contributed by atoms with E-state index in [1.165, 1.54) is 12.5 Å². The molecule has 32 heavy (non-hydrogen) atoms. The molecule has 0 saturated heterocycles. The van der Waals surface area contributed by atoms with Crippen LogP contribution in [-0.4, -0.2) is 25.3 Å². The lowest BCUT2D eigenvalue weighted by Gasteiger charge is -2.08. The predicted molar refractivity (Wildman–Crippen MR) is 123 cm³/mol.